The number of nitroso groups, excluding NO2 is 1. The molecule has 0 rings (SSSR count). The highest BCUT2D eigenvalue weighted by Crippen LogP contribution is 2.00. The molecule has 0 aliphatic rings. The number of hydrogen-bond donors (Lipinski definition) is 4. The lowest BCUT2D eigenvalue weighted by molar-refractivity contribution is -0.145. The molecule has 0 spiro atoms. The molecule has 0 heterocycles. The van der Waals surface area contributed by atoms with Gasteiger partial charge in [0.05, 0.1) is 18.9 Å². The largest absolute Gasteiger partial charge is 0.467 e. The summed E-state index contributed by atoms with van der Waals surface area (Å²) in [6.45, 7) is 0.0495. The van der Waals surface area contributed by atoms with E-state index in [1.165, 1.54) is 7.11 Å². The van der Waals surface area contributed by atoms with Gasteiger partial charge >= 0.3 is 5.97 Å². The second-order valence-corrected chi connectivity index (χ2v) is 3.46. The van der Waals surface area contributed by atoms with Gasteiger partial charge in [-0.1, -0.05) is 0 Å². The fraction of sp³-hybridized carbons (Fsp3) is 0.667. The minimum Gasteiger partial charge on any atom is -0.467 e. The molecule has 0 radical (unpaired) electrons. The summed E-state index contributed by atoms with van der Waals surface area (Å²) in [5, 5.41) is 4.77. The van der Waals surface area contributed by atoms with E-state index in [1.807, 2.05) is 5.43 Å². The van der Waals surface area contributed by atoms with E-state index in [-0.39, 0.29) is 19.0 Å². The van der Waals surface area contributed by atoms with Crippen LogP contribution in [-0.2, 0) is 14.3 Å². The number of ether oxygens (including phenoxy) is 1. The van der Waals surface area contributed by atoms with E-state index in [0.717, 1.165) is 0 Å². The van der Waals surface area contributed by atoms with E-state index in [0.29, 0.717) is 12.8 Å². The van der Waals surface area contributed by atoms with Crippen LogP contribution in [-0.4, -0.2) is 44.1 Å². The molecule has 0 aromatic rings. The van der Waals surface area contributed by atoms with Gasteiger partial charge in [0.15, 0.2) is 0 Å². The first-order chi connectivity index (χ1) is 9.04. The third-order valence-corrected chi connectivity index (χ3v) is 2.10. The van der Waals surface area contributed by atoms with Crippen LogP contribution in [0.1, 0.15) is 12.8 Å². The molecular weight excluding hydrogens is 256 g/mol. The molecular formula is C9H18N6O4. The summed E-state index contributed by atoms with van der Waals surface area (Å²) < 4.78 is 4.55. The van der Waals surface area contributed by atoms with Gasteiger partial charge in [0, 0.05) is 6.54 Å². The molecule has 0 saturated carbocycles. The average molecular weight is 274 g/mol. The van der Waals surface area contributed by atoms with Gasteiger partial charge in [-0.2, -0.15) is 0 Å². The Kier molecular flexibility index (Phi) is 8.62. The van der Waals surface area contributed by atoms with E-state index in [4.69, 9.17) is 11.5 Å². The monoisotopic (exact) mass is 274 g/mol. The Morgan fingerprint density at radius 3 is 2.63 bits per heavy atom. The van der Waals surface area contributed by atoms with Crippen molar-refractivity contribution < 1.29 is 14.3 Å². The average Bonchev–Trinajstić information content (AvgIpc) is 2.41. The van der Waals surface area contributed by atoms with E-state index in [1.54, 1.807) is 0 Å². The lowest BCUT2D eigenvalue weighted by atomic mass is 10.1. The van der Waals surface area contributed by atoms with Crippen LogP contribution in [0.3, 0.4) is 0 Å². The summed E-state index contributed by atoms with van der Waals surface area (Å²) in [7, 11) is 1.22. The number of aliphatic imine (C=N–C) groups is 1. The molecule has 1 amide bonds. The zero-order valence-electron chi connectivity index (χ0n) is 10.6. The summed E-state index contributed by atoms with van der Waals surface area (Å²) in [5.41, 5.74) is 12.3. The summed E-state index contributed by atoms with van der Waals surface area (Å²) in [4.78, 5) is 36.1. The van der Waals surface area contributed by atoms with Crippen LogP contribution >= 0.6 is 0 Å². The number of amides is 1. The summed E-state index contributed by atoms with van der Waals surface area (Å²) in [6.07, 6.45) is 0.759. The SMILES string of the molecule is COC(=O)C(CCCN=C(N)NN=O)NC(=O)CN. The topological polar surface area (TPSA) is 161 Å². The van der Waals surface area contributed by atoms with Crippen LogP contribution in [0, 0.1) is 4.91 Å². The number of nitrogens with two attached hydrogens (primary N) is 2. The van der Waals surface area contributed by atoms with Crippen molar-refractivity contribution in [3.05, 3.63) is 4.91 Å². The number of nitrogens with zero attached hydrogens (tertiary/aromatic N) is 2. The van der Waals surface area contributed by atoms with E-state index >= 15 is 0 Å². The van der Waals surface area contributed by atoms with Crippen molar-refractivity contribution in [2.45, 2.75) is 18.9 Å². The van der Waals surface area contributed by atoms with Gasteiger partial charge in [0.1, 0.15) is 6.04 Å². The molecule has 6 N–H and O–H groups in total. The molecule has 10 nitrogen and oxygen atoms in total. The van der Waals surface area contributed by atoms with E-state index in [2.05, 4.69) is 20.3 Å². The van der Waals surface area contributed by atoms with Crippen LogP contribution in [0.4, 0.5) is 0 Å². The van der Waals surface area contributed by atoms with Crippen molar-refractivity contribution >= 4 is 17.8 Å². The molecule has 0 bridgehead atoms. The number of esters is 1. The van der Waals surface area contributed by atoms with Gasteiger partial charge in [0.25, 0.3) is 0 Å². The number of carbonyl (C=O) groups excluding carboxylic acids is 2. The van der Waals surface area contributed by atoms with Crippen molar-refractivity contribution in [2.75, 3.05) is 20.2 Å². The molecule has 0 aliphatic carbocycles. The maximum atomic E-state index is 11.4. The molecule has 0 aromatic heterocycles. The fourth-order valence-electron chi connectivity index (χ4n) is 1.22. The van der Waals surface area contributed by atoms with Crippen molar-refractivity contribution in [3.8, 4) is 0 Å². The first kappa shape index (κ1) is 16.8. The van der Waals surface area contributed by atoms with Gasteiger partial charge in [-0.3, -0.25) is 9.79 Å². The summed E-state index contributed by atoms with van der Waals surface area (Å²) in [6, 6.07) is -0.783. The van der Waals surface area contributed by atoms with Gasteiger partial charge in [0.2, 0.25) is 11.9 Å². The van der Waals surface area contributed by atoms with Gasteiger partial charge in [-0.25, -0.2) is 10.2 Å². The number of rotatable bonds is 8. The lowest BCUT2D eigenvalue weighted by Gasteiger charge is -2.15. The number of methoxy groups -OCH3 is 1. The van der Waals surface area contributed by atoms with Crippen LogP contribution in [0.2, 0.25) is 0 Å². The Hall–Kier alpha value is -2.23. The number of guanidine groups is 1. The van der Waals surface area contributed by atoms with Gasteiger partial charge in [-0.15, -0.1) is 4.91 Å². The maximum Gasteiger partial charge on any atom is 0.328 e. The van der Waals surface area contributed by atoms with E-state index in [9.17, 15) is 14.5 Å². The van der Waals surface area contributed by atoms with Crippen LogP contribution in [0.15, 0.2) is 10.3 Å². The Morgan fingerprint density at radius 2 is 2.11 bits per heavy atom. The quantitative estimate of drug-likeness (QED) is 0.0990. The molecule has 0 aromatic carbocycles. The van der Waals surface area contributed by atoms with Crippen LogP contribution in [0.5, 0.6) is 0 Å². The van der Waals surface area contributed by atoms with Crippen molar-refractivity contribution in [1.82, 2.24) is 10.7 Å². The molecule has 108 valence electrons. The standard InChI is InChI=1S/C9H18N6O4/c1-19-8(17)6(13-7(16)5-10)3-2-4-12-9(11)14-15-18/h6H,2-5,10H2,1H3,(H,13,16)(H3,11,12,14,18). The maximum absolute atomic E-state index is 11.4. The highest BCUT2D eigenvalue weighted by Gasteiger charge is 2.20. The minimum absolute atomic E-state index is 0.115. The van der Waals surface area contributed by atoms with Gasteiger partial charge < -0.3 is 21.5 Å². The predicted molar refractivity (Wildman–Crippen MR) is 67.7 cm³/mol. The predicted octanol–water partition coefficient (Wildman–Crippen LogP) is -2.03. The molecule has 1 unspecified atom stereocenters. The summed E-state index contributed by atoms with van der Waals surface area (Å²) >= 11 is 0. The van der Waals surface area contributed by atoms with Crippen LogP contribution < -0.4 is 22.2 Å². The van der Waals surface area contributed by atoms with Gasteiger partial charge in [-0.05, 0) is 12.8 Å². The molecule has 19 heavy (non-hydrogen) atoms. The molecule has 10 heteroatoms. The third-order valence-electron chi connectivity index (χ3n) is 2.10. The molecule has 0 fully saturated rings. The first-order valence-corrected chi connectivity index (χ1v) is 5.50. The highest BCUT2D eigenvalue weighted by atomic mass is 16.5. The van der Waals surface area contributed by atoms with Crippen molar-refractivity contribution in [1.29, 1.82) is 0 Å². The smallest absolute Gasteiger partial charge is 0.328 e. The number of nitrogens with one attached hydrogen (secondary N) is 2. The first-order valence-electron chi connectivity index (χ1n) is 5.50. The normalized spacial score (nSPS) is 12.4. The second-order valence-electron chi connectivity index (χ2n) is 3.46. The molecule has 1 atom stereocenters. The highest BCUT2D eigenvalue weighted by molar-refractivity contribution is 5.85. The van der Waals surface area contributed by atoms with Crippen LogP contribution in [0.25, 0.3) is 0 Å². The molecule has 0 aliphatic heterocycles. The second kappa shape index (κ2) is 9.76. The van der Waals surface area contributed by atoms with Crippen molar-refractivity contribution in [3.63, 3.8) is 0 Å². The van der Waals surface area contributed by atoms with Crippen molar-refractivity contribution in [2.24, 2.45) is 21.7 Å². The Bertz CT molecular complexity index is 346. The fourth-order valence-corrected chi connectivity index (χ4v) is 1.22. The zero-order valence-corrected chi connectivity index (χ0v) is 10.6. The Balaban J connectivity index is 4.19. The summed E-state index contributed by atoms with van der Waals surface area (Å²) in [5.74, 6) is -1.13. The number of carbonyl (C=O) groups is 2. The Labute approximate surface area is 109 Å². The minimum atomic E-state index is -0.783. The zero-order chi connectivity index (χ0) is 14.7. The van der Waals surface area contributed by atoms with E-state index < -0.39 is 17.9 Å². The molecule has 0 saturated heterocycles. The Morgan fingerprint density at radius 1 is 1.42 bits per heavy atom. The number of hydrogen-bond acceptors (Lipinski definition) is 7. The third kappa shape index (κ3) is 7.65. The lowest BCUT2D eigenvalue weighted by Crippen LogP contribution is -2.44.